The number of likely N-dealkylation sites (N-methyl/N-ethyl adjacent to an activating group) is 1. The number of rotatable bonds is 7. The smallest absolute Gasteiger partial charge is 0.193 e. The van der Waals surface area contributed by atoms with Crippen LogP contribution in [0.4, 0.5) is 0 Å². The molecule has 0 saturated heterocycles. The first-order valence-electron chi connectivity index (χ1n) is 8.68. The molecule has 2 fully saturated rings. The topological polar surface area (TPSA) is 36.9 Å². The summed E-state index contributed by atoms with van der Waals surface area (Å²) < 4.78 is 5.70. The van der Waals surface area contributed by atoms with Crippen molar-refractivity contribution in [2.45, 2.75) is 45.4 Å². The van der Waals surface area contributed by atoms with Gasteiger partial charge in [-0.25, -0.2) is 0 Å². The third kappa shape index (κ3) is 7.49. The van der Waals surface area contributed by atoms with Crippen LogP contribution in [0.1, 0.15) is 45.4 Å². The van der Waals surface area contributed by atoms with Gasteiger partial charge in [0.1, 0.15) is 0 Å². The fourth-order valence-electron chi connectivity index (χ4n) is 3.00. The van der Waals surface area contributed by atoms with E-state index in [2.05, 4.69) is 29.2 Å². The maximum Gasteiger partial charge on any atom is 0.193 e. The summed E-state index contributed by atoms with van der Waals surface area (Å²) in [5.41, 5.74) is 0. The van der Waals surface area contributed by atoms with Crippen LogP contribution in [-0.2, 0) is 4.74 Å². The SMILES string of the molecule is CN=C(NCC1CCC(C)CC1)N(C)CCOCC1CC1.I. The van der Waals surface area contributed by atoms with Crippen LogP contribution in [0.3, 0.4) is 0 Å². The summed E-state index contributed by atoms with van der Waals surface area (Å²) >= 11 is 0. The van der Waals surface area contributed by atoms with Crippen molar-refractivity contribution in [3.63, 3.8) is 0 Å². The number of ether oxygens (including phenoxy) is 1. The van der Waals surface area contributed by atoms with E-state index in [1.807, 2.05) is 7.05 Å². The van der Waals surface area contributed by atoms with Gasteiger partial charge < -0.3 is 15.0 Å². The monoisotopic (exact) mass is 423 g/mol. The zero-order chi connectivity index (χ0) is 15.1. The summed E-state index contributed by atoms with van der Waals surface area (Å²) in [6, 6.07) is 0. The summed E-state index contributed by atoms with van der Waals surface area (Å²) in [6.07, 6.45) is 8.21. The first-order chi connectivity index (χ1) is 10.2. The predicted octanol–water partition coefficient (Wildman–Crippen LogP) is 3.36. The maximum absolute atomic E-state index is 5.70. The van der Waals surface area contributed by atoms with Crippen molar-refractivity contribution >= 4 is 29.9 Å². The van der Waals surface area contributed by atoms with E-state index in [1.165, 1.54) is 38.5 Å². The summed E-state index contributed by atoms with van der Waals surface area (Å²) in [4.78, 5) is 6.57. The molecule has 1 N–H and O–H groups in total. The minimum atomic E-state index is 0. The van der Waals surface area contributed by atoms with E-state index in [1.54, 1.807) is 0 Å². The molecule has 0 aromatic carbocycles. The standard InChI is InChI=1S/C17H33N3O.HI/c1-14-4-6-15(7-5-14)12-19-17(18-2)20(3)10-11-21-13-16-8-9-16;/h14-16H,4-13H2,1-3H3,(H,18,19);1H. The minimum absolute atomic E-state index is 0. The minimum Gasteiger partial charge on any atom is -0.379 e. The van der Waals surface area contributed by atoms with Gasteiger partial charge in [0.15, 0.2) is 5.96 Å². The van der Waals surface area contributed by atoms with Gasteiger partial charge in [-0.2, -0.15) is 0 Å². The molecule has 0 bridgehead atoms. The fraction of sp³-hybridized carbons (Fsp3) is 0.941. The van der Waals surface area contributed by atoms with Gasteiger partial charge in [-0.15, -0.1) is 24.0 Å². The number of nitrogens with zero attached hydrogens (tertiary/aromatic N) is 2. The molecule has 0 heterocycles. The number of hydrogen-bond donors (Lipinski definition) is 1. The molecule has 0 aliphatic heterocycles. The van der Waals surface area contributed by atoms with Crippen LogP contribution < -0.4 is 5.32 Å². The largest absolute Gasteiger partial charge is 0.379 e. The van der Waals surface area contributed by atoms with E-state index in [-0.39, 0.29) is 24.0 Å². The van der Waals surface area contributed by atoms with Crippen molar-refractivity contribution in [2.75, 3.05) is 40.4 Å². The molecule has 0 unspecified atom stereocenters. The van der Waals surface area contributed by atoms with Crippen LogP contribution in [0.15, 0.2) is 4.99 Å². The Morgan fingerprint density at radius 2 is 1.77 bits per heavy atom. The quantitative estimate of drug-likeness (QED) is 0.295. The van der Waals surface area contributed by atoms with Gasteiger partial charge in [0.2, 0.25) is 0 Å². The molecule has 0 amide bonds. The summed E-state index contributed by atoms with van der Waals surface area (Å²) in [6.45, 7) is 6.09. The van der Waals surface area contributed by atoms with Crippen molar-refractivity contribution < 1.29 is 4.74 Å². The van der Waals surface area contributed by atoms with Crippen LogP contribution in [0.2, 0.25) is 0 Å². The lowest BCUT2D eigenvalue weighted by molar-refractivity contribution is 0.115. The average Bonchev–Trinajstić information content (AvgIpc) is 3.30. The molecule has 130 valence electrons. The Labute approximate surface area is 153 Å². The molecule has 2 aliphatic rings. The summed E-state index contributed by atoms with van der Waals surface area (Å²) in [5, 5.41) is 3.54. The van der Waals surface area contributed by atoms with Gasteiger partial charge in [-0.1, -0.05) is 19.8 Å². The number of halogens is 1. The third-order valence-electron chi connectivity index (χ3n) is 4.88. The van der Waals surface area contributed by atoms with Crippen LogP contribution in [0, 0.1) is 17.8 Å². The third-order valence-corrected chi connectivity index (χ3v) is 4.88. The Bertz CT molecular complexity index is 326. The first kappa shape index (κ1) is 20.0. The Hall–Kier alpha value is -0.0400. The van der Waals surface area contributed by atoms with E-state index in [9.17, 15) is 0 Å². The highest BCUT2D eigenvalue weighted by atomic mass is 127. The van der Waals surface area contributed by atoms with Gasteiger partial charge in [-0.05, 0) is 43.4 Å². The van der Waals surface area contributed by atoms with Gasteiger partial charge in [0.25, 0.3) is 0 Å². The molecule has 0 aromatic rings. The average molecular weight is 423 g/mol. The second-order valence-electron chi connectivity index (χ2n) is 6.99. The predicted molar refractivity (Wildman–Crippen MR) is 104 cm³/mol. The lowest BCUT2D eigenvalue weighted by Crippen LogP contribution is -2.42. The normalized spacial score (nSPS) is 25.5. The Kier molecular flexibility index (Phi) is 9.71. The van der Waals surface area contributed by atoms with Crippen molar-refractivity contribution in [3.05, 3.63) is 0 Å². The van der Waals surface area contributed by atoms with Gasteiger partial charge >= 0.3 is 0 Å². The number of hydrogen-bond acceptors (Lipinski definition) is 2. The number of nitrogens with one attached hydrogen (secondary N) is 1. The van der Waals surface area contributed by atoms with E-state index in [4.69, 9.17) is 4.74 Å². The van der Waals surface area contributed by atoms with E-state index in [0.29, 0.717) is 0 Å². The van der Waals surface area contributed by atoms with E-state index < -0.39 is 0 Å². The second-order valence-corrected chi connectivity index (χ2v) is 6.99. The first-order valence-corrected chi connectivity index (χ1v) is 8.68. The van der Waals surface area contributed by atoms with Crippen molar-refractivity contribution in [3.8, 4) is 0 Å². The van der Waals surface area contributed by atoms with Crippen LogP contribution in [0.25, 0.3) is 0 Å². The molecule has 22 heavy (non-hydrogen) atoms. The van der Waals surface area contributed by atoms with Gasteiger partial charge in [-0.3, -0.25) is 4.99 Å². The van der Waals surface area contributed by atoms with Crippen molar-refractivity contribution in [1.82, 2.24) is 10.2 Å². The molecule has 2 aliphatic carbocycles. The molecule has 4 nitrogen and oxygen atoms in total. The molecule has 5 heteroatoms. The van der Waals surface area contributed by atoms with Crippen LogP contribution >= 0.6 is 24.0 Å². The highest BCUT2D eigenvalue weighted by Gasteiger charge is 2.21. The zero-order valence-corrected chi connectivity index (χ0v) is 16.8. The second kappa shape index (κ2) is 10.7. The van der Waals surface area contributed by atoms with Gasteiger partial charge in [0.05, 0.1) is 6.61 Å². The molecule has 2 rings (SSSR count). The lowest BCUT2D eigenvalue weighted by atomic mass is 9.83. The summed E-state index contributed by atoms with van der Waals surface area (Å²) in [7, 11) is 3.96. The summed E-state index contributed by atoms with van der Waals surface area (Å²) in [5.74, 6) is 3.59. The van der Waals surface area contributed by atoms with Crippen molar-refractivity contribution in [1.29, 1.82) is 0 Å². The fourth-order valence-corrected chi connectivity index (χ4v) is 3.00. The Balaban J connectivity index is 0.00000242. The zero-order valence-electron chi connectivity index (χ0n) is 14.5. The highest BCUT2D eigenvalue weighted by molar-refractivity contribution is 14.0. The molecule has 0 radical (unpaired) electrons. The van der Waals surface area contributed by atoms with E-state index >= 15 is 0 Å². The number of guanidine groups is 1. The lowest BCUT2D eigenvalue weighted by Gasteiger charge is -2.28. The maximum atomic E-state index is 5.70. The molecule has 0 spiro atoms. The van der Waals surface area contributed by atoms with Crippen LogP contribution in [-0.4, -0.2) is 51.3 Å². The molecular formula is C17H34IN3O. The Morgan fingerprint density at radius 1 is 1.14 bits per heavy atom. The Morgan fingerprint density at radius 3 is 2.36 bits per heavy atom. The molecule has 0 aromatic heterocycles. The molecule has 0 atom stereocenters. The van der Waals surface area contributed by atoms with Gasteiger partial charge in [0, 0.05) is 33.8 Å². The van der Waals surface area contributed by atoms with E-state index in [0.717, 1.165) is 50.0 Å². The van der Waals surface area contributed by atoms with Crippen molar-refractivity contribution in [2.24, 2.45) is 22.7 Å². The molecular weight excluding hydrogens is 389 g/mol. The molecule has 2 saturated carbocycles. The van der Waals surface area contributed by atoms with Crippen LogP contribution in [0.5, 0.6) is 0 Å². The number of aliphatic imine (C=N–C) groups is 1. The highest BCUT2D eigenvalue weighted by Crippen LogP contribution is 2.29.